The Morgan fingerprint density at radius 1 is 1.04 bits per heavy atom. The summed E-state index contributed by atoms with van der Waals surface area (Å²) in [5.74, 6) is 1.56. The number of nitrogens with zero attached hydrogens (tertiary/aromatic N) is 4. The van der Waals surface area contributed by atoms with E-state index in [-0.39, 0.29) is 10.8 Å². The van der Waals surface area contributed by atoms with Gasteiger partial charge in [-0.25, -0.2) is 8.42 Å². The molecule has 0 radical (unpaired) electrons. The van der Waals surface area contributed by atoms with Gasteiger partial charge in [-0.15, -0.1) is 0 Å². The predicted molar refractivity (Wildman–Crippen MR) is 100 cm³/mol. The Kier molecular flexibility index (Phi) is 4.65. The van der Waals surface area contributed by atoms with Crippen molar-refractivity contribution in [3.8, 4) is 0 Å². The predicted octanol–water partition coefficient (Wildman–Crippen LogP) is 1.62. The lowest BCUT2D eigenvalue weighted by Crippen LogP contribution is -2.48. The molecule has 2 aliphatic rings. The first kappa shape index (κ1) is 18.0. The van der Waals surface area contributed by atoms with Gasteiger partial charge in [0.25, 0.3) is 0 Å². The van der Waals surface area contributed by atoms with E-state index in [1.807, 2.05) is 17.9 Å². The first-order valence-corrected chi connectivity index (χ1v) is 10.5. The number of hydrogen-bond acceptors (Lipinski definition) is 6. The molecule has 4 rings (SSSR count). The summed E-state index contributed by atoms with van der Waals surface area (Å²) in [6, 6.07) is 8.45. The average molecular weight is 390 g/mol. The second kappa shape index (κ2) is 6.97. The van der Waals surface area contributed by atoms with Gasteiger partial charge in [-0.1, -0.05) is 5.16 Å². The molecule has 1 amide bonds. The molecule has 144 valence electrons. The van der Waals surface area contributed by atoms with E-state index in [9.17, 15) is 13.2 Å². The Bertz CT molecular complexity index is 931. The maximum absolute atomic E-state index is 12.9. The van der Waals surface area contributed by atoms with Crippen molar-refractivity contribution < 1.29 is 17.7 Å². The Hall–Kier alpha value is -2.39. The van der Waals surface area contributed by atoms with Gasteiger partial charge in [0, 0.05) is 50.9 Å². The van der Waals surface area contributed by atoms with E-state index < -0.39 is 10.0 Å². The molecule has 27 heavy (non-hydrogen) atoms. The summed E-state index contributed by atoms with van der Waals surface area (Å²) in [7, 11) is -3.56. The standard InChI is InChI=1S/C18H22N4O4S/c1-14-13-17(19-26-14)20-9-11-21(12-10-20)27(24,25)16-6-4-15(5-7-16)22-8-2-3-18(22)23/h4-7,13H,2-3,8-12H2,1H3. The first-order valence-electron chi connectivity index (χ1n) is 9.04. The normalized spacial score (nSPS) is 19.1. The lowest BCUT2D eigenvalue weighted by molar-refractivity contribution is -0.117. The highest BCUT2D eigenvalue weighted by Crippen LogP contribution is 2.25. The van der Waals surface area contributed by atoms with E-state index in [1.165, 1.54) is 4.31 Å². The molecule has 2 fully saturated rings. The molecule has 9 heteroatoms. The van der Waals surface area contributed by atoms with Gasteiger partial charge in [-0.3, -0.25) is 4.79 Å². The number of aromatic nitrogens is 1. The number of carbonyl (C=O) groups excluding carboxylic acids is 1. The maximum Gasteiger partial charge on any atom is 0.243 e. The van der Waals surface area contributed by atoms with Crippen molar-refractivity contribution in [1.29, 1.82) is 0 Å². The van der Waals surface area contributed by atoms with Crippen molar-refractivity contribution in [2.24, 2.45) is 0 Å². The van der Waals surface area contributed by atoms with Gasteiger partial charge in [0.15, 0.2) is 5.82 Å². The second-order valence-corrected chi connectivity index (χ2v) is 8.77. The van der Waals surface area contributed by atoms with Crippen LogP contribution in [0, 0.1) is 6.92 Å². The molecule has 2 saturated heterocycles. The summed E-state index contributed by atoms with van der Waals surface area (Å²) < 4.78 is 32.4. The summed E-state index contributed by atoms with van der Waals surface area (Å²) in [6.45, 7) is 4.42. The minimum Gasteiger partial charge on any atom is -0.360 e. The number of aryl methyl sites for hydroxylation is 1. The maximum atomic E-state index is 12.9. The zero-order valence-corrected chi connectivity index (χ0v) is 16.0. The summed E-state index contributed by atoms with van der Waals surface area (Å²) in [5, 5.41) is 3.99. The summed E-state index contributed by atoms with van der Waals surface area (Å²) in [4.78, 5) is 15.8. The van der Waals surface area contributed by atoms with Gasteiger partial charge >= 0.3 is 0 Å². The fourth-order valence-corrected chi connectivity index (χ4v) is 4.95. The number of anilines is 2. The Morgan fingerprint density at radius 3 is 2.30 bits per heavy atom. The lowest BCUT2D eigenvalue weighted by Gasteiger charge is -2.33. The van der Waals surface area contributed by atoms with Gasteiger partial charge in [-0.2, -0.15) is 4.31 Å². The Balaban J connectivity index is 1.45. The van der Waals surface area contributed by atoms with Crippen molar-refractivity contribution in [2.45, 2.75) is 24.7 Å². The third-order valence-electron chi connectivity index (χ3n) is 5.04. The van der Waals surface area contributed by atoms with Crippen LogP contribution in [-0.4, -0.2) is 56.5 Å². The Morgan fingerprint density at radius 2 is 1.74 bits per heavy atom. The van der Waals surface area contributed by atoms with Crippen molar-refractivity contribution in [2.75, 3.05) is 42.5 Å². The number of piperazine rings is 1. The van der Waals surface area contributed by atoms with Crippen LogP contribution >= 0.6 is 0 Å². The molecule has 2 aliphatic heterocycles. The molecule has 0 unspecified atom stereocenters. The summed E-state index contributed by atoms with van der Waals surface area (Å²) >= 11 is 0. The van der Waals surface area contributed by atoms with Crippen LogP contribution in [0.15, 0.2) is 39.8 Å². The van der Waals surface area contributed by atoms with Gasteiger partial charge in [-0.05, 0) is 37.6 Å². The molecule has 1 aromatic heterocycles. The molecule has 8 nitrogen and oxygen atoms in total. The number of amides is 1. The third-order valence-corrected chi connectivity index (χ3v) is 6.95. The molecule has 1 aromatic carbocycles. The number of carbonyl (C=O) groups is 1. The fraction of sp³-hybridized carbons (Fsp3) is 0.444. The highest BCUT2D eigenvalue weighted by molar-refractivity contribution is 7.89. The van der Waals surface area contributed by atoms with Crippen molar-refractivity contribution >= 4 is 27.4 Å². The molecule has 3 heterocycles. The monoisotopic (exact) mass is 390 g/mol. The topological polar surface area (TPSA) is 87.0 Å². The molecule has 0 bridgehead atoms. The van der Waals surface area contributed by atoms with Crippen molar-refractivity contribution in [1.82, 2.24) is 9.46 Å². The summed E-state index contributed by atoms with van der Waals surface area (Å²) in [6.07, 6.45) is 1.39. The molecule has 0 spiro atoms. The zero-order valence-electron chi connectivity index (χ0n) is 15.2. The smallest absolute Gasteiger partial charge is 0.243 e. The SMILES string of the molecule is Cc1cc(N2CCN(S(=O)(=O)c3ccc(N4CCCC4=O)cc3)CC2)no1. The highest BCUT2D eigenvalue weighted by Gasteiger charge is 2.30. The Labute approximate surface area is 158 Å². The summed E-state index contributed by atoms with van der Waals surface area (Å²) in [5.41, 5.74) is 0.752. The van der Waals surface area contributed by atoms with Crippen molar-refractivity contribution in [3.05, 3.63) is 36.1 Å². The van der Waals surface area contributed by atoms with Crippen LogP contribution in [0.3, 0.4) is 0 Å². The van der Waals surface area contributed by atoms with Crippen LogP contribution < -0.4 is 9.80 Å². The average Bonchev–Trinajstić information content (AvgIpc) is 3.30. The first-order chi connectivity index (χ1) is 12.9. The molecular weight excluding hydrogens is 368 g/mol. The lowest BCUT2D eigenvalue weighted by atomic mass is 10.3. The quantitative estimate of drug-likeness (QED) is 0.788. The van der Waals surface area contributed by atoms with Crippen LogP contribution in [0.2, 0.25) is 0 Å². The second-order valence-electron chi connectivity index (χ2n) is 6.83. The van der Waals surface area contributed by atoms with E-state index in [0.717, 1.165) is 23.7 Å². The van der Waals surface area contributed by atoms with Crippen LogP contribution in [0.1, 0.15) is 18.6 Å². The molecule has 2 aromatic rings. The van der Waals surface area contributed by atoms with E-state index in [4.69, 9.17) is 4.52 Å². The van der Waals surface area contributed by atoms with Gasteiger partial charge in [0.1, 0.15) is 5.76 Å². The zero-order chi connectivity index (χ0) is 19.0. The van der Waals surface area contributed by atoms with Crippen LogP contribution in [0.4, 0.5) is 11.5 Å². The number of hydrogen-bond donors (Lipinski definition) is 0. The van der Waals surface area contributed by atoms with E-state index >= 15 is 0 Å². The van der Waals surface area contributed by atoms with E-state index in [0.29, 0.717) is 39.1 Å². The largest absolute Gasteiger partial charge is 0.360 e. The van der Waals surface area contributed by atoms with Gasteiger partial charge in [0.2, 0.25) is 15.9 Å². The molecule has 0 atom stereocenters. The van der Waals surface area contributed by atoms with Crippen LogP contribution in [-0.2, 0) is 14.8 Å². The fourth-order valence-electron chi connectivity index (χ4n) is 3.53. The number of rotatable bonds is 4. The molecule has 0 N–H and O–H groups in total. The highest BCUT2D eigenvalue weighted by atomic mass is 32.2. The number of benzene rings is 1. The van der Waals surface area contributed by atoms with Gasteiger partial charge in [0.05, 0.1) is 4.90 Å². The van der Waals surface area contributed by atoms with E-state index in [2.05, 4.69) is 5.16 Å². The molecule has 0 saturated carbocycles. The minimum absolute atomic E-state index is 0.0878. The third kappa shape index (κ3) is 3.44. The van der Waals surface area contributed by atoms with E-state index in [1.54, 1.807) is 29.2 Å². The molecular formula is C18H22N4O4S. The van der Waals surface area contributed by atoms with Gasteiger partial charge < -0.3 is 14.3 Å². The molecule has 0 aliphatic carbocycles. The van der Waals surface area contributed by atoms with Crippen molar-refractivity contribution in [3.63, 3.8) is 0 Å². The van der Waals surface area contributed by atoms with Crippen LogP contribution in [0.5, 0.6) is 0 Å². The van der Waals surface area contributed by atoms with Crippen LogP contribution in [0.25, 0.3) is 0 Å². The number of sulfonamides is 1. The minimum atomic E-state index is -3.56.